The third kappa shape index (κ3) is 5.67. The molecule has 0 saturated heterocycles. The van der Waals surface area contributed by atoms with Gasteiger partial charge in [-0.25, -0.2) is 8.42 Å². The van der Waals surface area contributed by atoms with Crippen molar-refractivity contribution in [3.63, 3.8) is 0 Å². The van der Waals surface area contributed by atoms with Crippen LogP contribution in [0.1, 0.15) is 5.56 Å². The summed E-state index contributed by atoms with van der Waals surface area (Å²) in [5.41, 5.74) is 3.01. The zero-order valence-electron chi connectivity index (χ0n) is 16.5. The van der Waals surface area contributed by atoms with Gasteiger partial charge in [-0.1, -0.05) is 29.3 Å². The Labute approximate surface area is 193 Å². The summed E-state index contributed by atoms with van der Waals surface area (Å²) < 4.78 is 33.4. The highest BCUT2D eigenvalue weighted by molar-refractivity contribution is 7.92. The predicted molar refractivity (Wildman–Crippen MR) is 125 cm³/mol. The van der Waals surface area contributed by atoms with Crippen molar-refractivity contribution in [2.45, 2.75) is 4.90 Å². The molecule has 0 heterocycles. The van der Waals surface area contributed by atoms with Crippen LogP contribution in [-0.4, -0.2) is 26.7 Å². The third-order valence-corrected chi connectivity index (χ3v) is 6.14. The van der Waals surface area contributed by atoms with Gasteiger partial charge in [0.2, 0.25) is 0 Å². The molecule has 0 aliphatic heterocycles. The summed E-state index contributed by atoms with van der Waals surface area (Å²) in [4.78, 5) is 10.1. The summed E-state index contributed by atoms with van der Waals surface area (Å²) in [6.45, 7) is 0. The number of nitrogens with zero attached hydrogens (tertiary/aromatic N) is 2. The van der Waals surface area contributed by atoms with Gasteiger partial charge in [0.15, 0.2) is 0 Å². The van der Waals surface area contributed by atoms with Gasteiger partial charge in [0.25, 0.3) is 15.7 Å². The van der Waals surface area contributed by atoms with E-state index in [4.69, 9.17) is 27.9 Å². The topological polar surface area (TPSA) is 123 Å². The summed E-state index contributed by atoms with van der Waals surface area (Å²) in [5.74, 6) is 0.542. The summed E-state index contributed by atoms with van der Waals surface area (Å²) in [7, 11) is -2.72. The van der Waals surface area contributed by atoms with Crippen molar-refractivity contribution in [2.24, 2.45) is 5.10 Å². The number of ether oxygens (including phenoxy) is 1. The highest BCUT2D eigenvalue weighted by atomic mass is 35.5. The second kappa shape index (κ2) is 9.86. The van der Waals surface area contributed by atoms with E-state index in [0.717, 1.165) is 6.07 Å². The van der Waals surface area contributed by atoms with Gasteiger partial charge in [-0.05, 0) is 42.5 Å². The van der Waals surface area contributed by atoms with Crippen LogP contribution < -0.4 is 14.9 Å². The lowest BCUT2D eigenvalue weighted by molar-refractivity contribution is -0.385. The second-order valence-corrected chi connectivity index (χ2v) is 8.80. The van der Waals surface area contributed by atoms with Crippen LogP contribution in [-0.2, 0) is 10.0 Å². The molecule has 3 rings (SSSR count). The van der Waals surface area contributed by atoms with E-state index in [1.54, 1.807) is 24.3 Å². The smallest absolute Gasteiger partial charge is 0.270 e. The van der Waals surface area contributed by atoms with Crippen molar-refractivity contribution in [3.8, 4) is 5.75 Å². The third-order valence-electron chi connectivity index (χ3n) is 4.16. The number of halogens is 2. The van der Waals surface area contributed by atoms with E-state index >= 15 is 0 Å². The van der Waals surface area contributed by atoms with Crippen molar-refractivity contribution in [3.05, 3.63) is 86.4 Å². The van der Waals surface area contributed by atoms with Crippen LogP contribution in [0.4, 0.5) is 17.1 Å². The van der Waals surface area contributed by atoms with Crippen molar-refractivity contribution in [1.29, 1.82) is 0 Å². The van der Waals surface area contributed by atoms with Crippen molar-refractivity contribution in [2.75, 3.05) is 17.3 Å². The first-order valence-corrected chi connectivity index (χ1v) is 11.1. The summed E-state index contributed by atoms with van der Waals surface area (Å²) in [5, 5.41) is 16.0. The molecule has 9 nitrogen and oxygen atoms in total. The van der Waals surface area contributed by atoms with Gasteiger partial charge < -0.3 is 4.74 Å². The molecule has 3 aromatic carbocycles. The number of sulfonamides is 1. The van der Waals surface area contributed by atoms with Crippen molar-refractivity contribution < 1.29 is 18.1 Å². The molecule has 0 amide bonds. The van der Waals surface area contributed by atoms with Gasteiger partial charge in [-0.15, -0.1) is 0 Å². The van der Waals surface area contributed by atoms with Crippen LogP contribution in [0, 0.1) is 10.1 Å². The molecule has 3 aromatic rings. The Bertz CT molecular complexity index is 1280. The molecule has 0 spiro atoms. The SMILES string of the molecule is COc1ccc(NS(=O)(=O)c2cc([N+](=O)[O-])ccc2NN=Cc2ccc(Cl)cc2Cl)cc1. The fourth-order valence-corrected chi connectivity index (χ4v) is 4.28. The zero-order chi connectivity index (χ0) is 23.3. The first-order valence-electron chi connectivity index (χ1n) is 8.89. The average molecular weight is 495 g/mol. The van der Waals surface area contributed by atoms with E-state index in [-0.39, 0.29) is 16.3 Å². The Morgan fingerprint density at radius 1 is 1.06 bits per heavy atom. The fourth-order valence-electron chi connectivity index (χ4n) is 2.59. The van der Waals surface area contributed by atoms with Crippen LogP contribution in [0.2, 0.25) is 10.0 Å². The molecular formula is C20H16Cl2N4O5S. The molecule has 0 aliphatic carbocycles. The molecule has 0 aliphatic rings. The Morgan fingerprint density at radius 3 is 2.41 bits per heavy atom. The molecular weight excluding hydrogens is 479 g/mol. The number of anilines is 2. The molecule has 32 heavy (non-hydrogen) atoms. The monoisotopic (exact) mass is 494 g/mol. The lowest BCUT2D eigenvalue weighted by atomic mass is 10.2. The van der Waals surface area contributed by atoms with E-state index in [0.29, 0.717) is 21.4 Å². The summed E-state index contributed by atoms with van der Waals surface area (Å²) in [6, 6.07) is 14.3. The highest BCUT2D eigenvalue weighted by Gasteiger charge is 2.22. The maximum atomic E-state index is 13.0. The molecule has 0 bridgehead atoms. The van der Waals surface area contributed by atoms with Crippen LogP contribution >= 0.6 is 23.2 Å². The van der Waals surface area contributed by atoms with E-state index in [2.05, 4.69) is 15.2 Å². The molecule has 2 N–H and O–H groups in total. The first kappa shape index (κ1) is 23.3. The number of nitro benzene ring substituents is 1. The van der Waals surface area contributed by atoms with Crippen molar-refractivity contribution in [1.82, 2.24) is 0 Å². The van der Waals surface area contributed by atoms with Gasteiger partial charge in [0, 0.05) is 28.4 Å². The van der Waals surface area contributed by atoms with Crippen molar-refractivity contribution >= 4 is 56.5 Å². The van der Waals surface area contributed by atoms with Gasteiger partial charge in [-0.3, -0.25) is 20.3 Å². The maximum Gasteiger partial charge on any atom is 0.270 e. The first-order chi connectivity index (χ1) is 15.2. The molecule has 0 atom stereocenters. The highest BCUT2D eigenvalue weighted by Crippen LogP contribution is 2.29. The largest absolute Gasteiger partial charge is 0.497 e. The molecule has 12 heteroatoms. The quantitative estimate of drug-likeness (QED) is 0.253. The van der Waals surface area contributed by atoms with Crippen LogP contribution in [0.3, 0.4) is 0 Å². The number of nitrogens with one attached hydrogen (secondary N) is 2. The standard InChI is InChI=1S/C20H16Cl2N4O5S/c1-31-17-7-4-15(5-8-17)25-32(29,30)20-11-16(26(27)28)6-9-19(20)24-23-12-13-2-3-14(21)10-18(13)22/h2-12,24-25H,1H3. The predicted octanol–water partition coefficient (Wildman–Crippen LogP) is 5.16. The van der Waals surface area contributed by atoms with Crippen LogP contribution in [0.15, 0.2) is 70.7 Å². The number of methoxy groups -OCH3 is 1. The summed E-state index contributed by atoms with van der Waals surface area (Å²) in [6.07, 6.45) is 1.37. The van der Waals surface area contributed by atoms with E-state index in [1.165, 1.54) is 43.7 Å². The summed E-state index contributed by atoms with van der Waals surface area (Å²) >= 11 is 12.0. The molecule has 0 unspecified atom stereocenters. The zero-order valence-corrected chi connectivity index (χ0v) is 18.8. The Balaban J connectivity index is 1.92. The van der Waals surface area contributed by atoms with Gasteiger partial charge in [0.1, 0.15) is 10.6 Å². The Kier molecular flexibility index (Phi) is 7.18. The molecule has 0 aromatic heterocycles. The number of rotatable bonds is 8. The molecule has 0 saturated carbocycles. The number of hydrogen-bond donors (Lipinski definition) is 2. The lowest BCUT2D eigenvalue weighted by Crippen LogP contribution is -2.15. The van der Waals surface area contributed by atoms with E-state index in [9.17, 15) is 18.5 Å². The van der Waals surface area contributed by atoms with Gasteiger partial charge in [-0.2, -0.15) is 5.10 Å². The van der Waals surface area contributed by atoms with Crippen LogP contribution in [0.25, 0.3) is 0 Å². The Morgan fingerprint density at radius 2 is 1.78 bits per heavy atom. The van der Waals surface area contributed by atoms with Crippen LogP contribution in [0.5, 0.6) is 5.75 Å². The molecule has 166 valence electrons. The number of benzene rings is 3. The normalized spacial score (nSPS) is 11.3. The van der Waals surface area contributed by atoms with E-state index < -0.39 is 20.6 Å². The fraction of sp³-hybridized carbons (Fsp3) is 0.0500. The molecule has 0 fully saturated rings. The number of hydrazone groups is 1. The minimum atomic E-state index is -4.20. The number of non-ortho nitro benzene ring substituents is 1. The van der Waals surface area contributed by atoms with Gasteiger partial charge in [0.05, 0.1) is 29.0 Å². The Hall–Kier alpha value is -3.34. The minimum absolute atomic E-state index is 0.0259. The lowest BCUT2D eigenvalue weighted by Gasteiger charge is -2.12. The average Bonchev–Trinajstić information content (AvgIpc) is 2.75. The minimum Gasteiger partial charge on any atom is -0.497 e. The van der Waals surface area contributed by atoms with Gasteiger partial charge >= 0.3 is 0 Å². The van der Waals surface area contributed by atoms with E-state index in [1.807, 2.05) is 0 Å². The number of nitro groups is 1. The molecule has 0 radical (unpaired) electrons. The number of hydrogen-bond acceptors (Lipinski definition) is 7. The maximum absolute atomic E-state index is 13.0. The second-order valence-electron chi connectivity index (χ2n) is 6.31.